The van der Waals surface area contributed by atoms with Crippen LogP contribution in [0.15, 0.2) is 24.3 Å². The van der Waals surface area contributed by atoms with Crippen molar-refractivity contribution in [1.29, 1.82) is 0 Å². The third kappa shape index (κ3) is 7.02. The van der Waals surface area contributed by atoms with Crippen molar-refractivity contribution in [3.63, 3.8) is 0 Å². The van der Waals surface area contributed by atoms with Gasteiger partial charge in [0.1, 0.15) is 30.4 Å². The lowest BCUT2D eigenvalue weighted by Gasteiger charge is -2.45. The van der Waals surface area contributed by atoms with Crippen molar-refractivity contribution in [2.24, 2.45) is 16.7 Å². The number of esters is 1. The summed E-state index contributed by atoms with van der Waals surface area (Å²) in [4.78, 5) is 46.3. The van der Waals surface area contributed by atoms with Crippen molar-refractivity contribution in [3.05, 3.63) is 63.2 Å². The highest BCUT2D eigenvalue weighted by Crippen LogP contribution is 2.54. The van der Waals surface area contributed by atoms with Crippen molar-refractivity contribution in [3.8, 4) is 17.2 Å². The molecule has 0 bridgehead atoms. The van der Waals surface area contributed by atoms with Gasteiger partial charge in [-0.15, -0.1) is 5.10 Å². The van der Waals surface area contributed by atoms with Gasteiger partial charge in [0.2, 0.25) is 11.8 Å². The maximum absolute atomic E-state index is 16.2. The number of ether oxygens (including phenoxy) is 4. The van der Waals surface area contributed by atoms with E-state index in [2.05, 4.69) is 10.3 Å². The second-order valence-corrected chi connectivity index (χ2v) is 16.6. The number of halogens is 2. The highest BCUT2D eigenvalue weighted by Gasteiger charge is 2.54. The molecule has 55 heavy (non-hydrogen) atoms. The zero-order chi connectivity index (χ0) is 38.5. The normalized spacial score (nSPS) is 24.0. The fourth-order valence-electron chi connectivity index (χ4n) is 9.36. The number of benzene rings is 2. The summed E-state index contributed by atoms with van der Waals surface area (Å²) in [5.41, 5.74) is 2.34. The number of nitrogens with zero attached hydrogens (tertiary/aromatic N) is 5. The topological polar surface area (TPSA) is 125 Å². The van der Waals surface area contributed by atoms with Crippen molar-refractivity contribution < 1.29 is 37.7 Å². The molecule has 12 nitrogen and oxygen atoms in total. The first kappa shape index (κ1) is 37.5. The van der Waals surface area contributed by atoms with Crippen molar-refractivity contribution in [1.82, 2.24) is 24.8 Å². The monoisotopic (exact) mass is 777 g/mol. The van der Waals surface area contributed by atoms with E-state index < -0.39 is 29.2 Å². The second-order valence-electron chi connectivity index (χ2n) is 16.2. The Kier molecular flexibility index (Phi) is 10.2. The lowest BCUT2D eigenvalue weighted by molar-refractivity contribution is -0.169. The van der Waals surface area contributed by atoms with Gasteiger partial charge in [0.15, 0.2) is 11.6 Å². The molecule has 0 radical (unpaired) electrons. The van der Waals surface area contributed by atoms with Gasteiger partial charge in [0.05, 0.1) is 37.3 Å². The number of rotatable bonds is 11. The van der Waals surface area contributed by atoms with E-state index in [1.807, 2.05) is 16.5 Å². The van der Waals surface area contributed by atoms with E-state index >= 15 is 9.18 Å². The number of fused-ring (bicyclic) bond motifs is 2. The molecule has 294 valence electrons. The van der Waals surface area contributed by atoms with Crippen LogP contribution in [0, 0.1) is 22.6 Å². The van der Waals surface area contributed by atoms with Gasteiger partial charge in [-0.25, -0.2) is 9.07 Å². The van der Waals surface area contributed by atoms with E-state index in [0.717, 1.165) is 57.2 Å². The van der Waals surface area contributed by atoms with Gasteiger partial charge in [-0.05, 0) is 87.5 Å². The Hall–Kier alpha value is -4.39. The van der Waals surface area contributed by atoms with Crippen LogP contribution in [-0.4, -0.2) is 76.4 Å². The molecule has 2 saturated carbocycles. The van der Waals surface area contributed by atoms with Crippen molar-refractivity contribution in [2.75, 3.05) is 33.9 Å². The van der Waals surface area contributed by atoms with Crippen LogP contribution in [0.4, 0.5) is 4.39 Å². The Bertz CT molecular complexity index is 2000. The molecule has 5 aliphatic rings. The maximum Gasteiger partial charge on any atom is 0.312 e. The number of hydrogen-bond donors (Lipinski definition) is 0. The number of hydrogen-bond acceptors (Lipinski definition) is 9. The summed E-state index contributed by atoms with van der Waals surface area (Å²) < 4.78 is 41.3. The van der Waals surface area contributed by atoms with E-state index in [0.29, 0.717) is 66.1 Å². The largest absolute Gasteiger partial charge is 0.497 e. The summed E-state index contributed by atoms with van der Waals surface area (Å²) in [6, 6.07) is 5.82. The molecule has 3 aliphatic heterocycles. The average molecular weight is 778 g/mol. The zero-order valence-electron chi connectivity index (χ0n) is 31.8. The number of aromatic nitrogens is 3. The van der Waals surface area contributed by atoms with Crippen LogP contribution in [0.25, 0.3) is 0 Å². The summed E-state index contributed by atoms with van der Waals surface area (Å²) >= 11 is 6.78. The molecule has 14 heteroatoms. The van der Waals surface area contributed by atoms with Gasteiger partial charge in [-0.3, -0.25) is 14.4 Å². The van der Waals surface area contributed by atoms with E-state index in [1.54, 1.807) is 37.3 Å². The summed E-state index contributed by atoms with van der Waals surface area (Å²) in [5.74, 6) is -0.845. The summed E-state index contributed by atoms with van der Waals surface area (Å²) in [5, 5.41) is 8.91. The number of aryl methyl sites for hydroxylation is 1. The van der Waals surface area contributed by atoms with Crippen LogP contribution in [0.2, 0.25) is 5.02 Å². The molecule has 8 rings (SSSR count). The quantitative estimate of drug-likeness (QED) is 0.204. The van der Waals surface area contributed by atoms with E-state index in [4.69, 9.17) is 30.5 Å². The summed E-state index contributed by atoms with van der Waals surface area (Å²) in [6.07, 6.45) is 8.15. The molecular weight excluding hydrogens is 729 g/mol. The first-order valence-corrected chi connectivity index (χ1v) is 19.9. The maximum atomic E-state index is 16.2. The van der Waals surface area contributed by atoms with Gasteiger partial charge >= 0.3 is 5.97 Å². The SMILES string of the molecule is COc1ccc(COC(=O)[C@@]2(C)CCCC[C@H]2C(=O)N2CCc3c(Cl)cc(F)c(OCc4nnn5c4CCCC5)c3[C@H]2CN2CC3(CC3)CC2=O)c(OC)c1. The Morgan fingerprint density at radius 3 is 2.62 bits per heavy atom. The highest BCUT2D eigenvalue weighted by molar-refractivity contribution is 6.31. The van der Waals surface area contributed by atoms with E-state index in [-0.39, 0.29) is 54.3 Å². The lowest BCUT2D eigenvalue weighted by Crippen LogP contribution is -2.53. The highest BCUT2D eigenvalue weighted by atomic mass is 35.5. The van der Waals surface area contributed by atoms with Crippen molar-refractivity contribution in [2.45, 2.75) is 103 Å². The second kappa shape index (κ2) is 14.9. The first-order chi connectivity index (χ1) is 26.5. The fraction of sp³-hybridized carbons (Fsp3) is 0.585. The van der Waals surface area contributed by atoms with Crippen LogP contribution in [-0.2, 0) is 51.7 Å². The summed E-state index contributed by atoms with van der Waals surface area (Å²) in [6.45, 7) is 3.61. The molecule has 1 aromatic heterocycles. The van der Waals surface area contributed by atoms with Gasteiger partial charge in [0, 0.05) is 54.8 Å². The molecule has 3 atom stereocenters. The van der Waals surface area contributed by atoms with Crippen LogP contribution in [0.3, 0.4) is 0 Å². The van der Waals surface area contributed by atoms with Gasteiger partial charge in [-0.1, -0.05) is 29.7 Å². The van der Waals surface area contributed by atoms with E-state index in [9.17, 15) is 9.59 Å². The lowest BCUT2D eigenvalue weighted by atomic mass is 9.66. The van der Waals surface area contributed by atoms with Crippen LogP contribution >= 0.6 is 11.6 Å². The number of likely N-dealkylation sites (tertiary alicyclic amines) is 1. The Labute approximate surface area is 325 Å². The minimum atomic E-state index is -1.12. The predicted octanol–water partition coefficient (Wildman–Crippen LogP) is 6.38. The molecule has 0 N–H and O–H groups in total. The average Bonchev–Trinajstić information content (AvgIpc) is 3.70. The third-order valence-electron chi connectivity index (χ3n) is 12.8. The molecule has 0 unspecified atom stereocenters. The summed E-state index contributed by atoms with van der Waals surface area (Å²) in [7, 11) is 3.11. The van der Waals surface area contributed by atoms with E-state index in [1.165, 1.54) is 6.07 Å². The smallest absolute Gasteiger partial charge is 0.312 e. The van der Waals surface area contributed by atoms with Gasteiger partial charge in [-0.2, -0.15) is 0 Å². The fourth-order valence-corrected chi connectivity index (χ4v) is 9.65. The Morgan fingerprint density at radius 1 is 1.02 bits per heavy atom. The molecular formula is C41H49ClFN5O7. The van der Waals surface area contributed by atoms with Crippen LogP contribution < -0.4 is 14.2 Å². The van der Waals surface area contributed by atoms with Crippen LogP contribution in [0.5, 0.6) is 17.2 Å². The van der Waals surface area contributed by atoms with Crippen LogP contribution in [0.1, 0.15) is 98.8 Å². The predicted molar refractivity (Wildman–Crippen MR) is 199 cm³/mol. The third-order valence-corrected chi connectivity index (χ3v) is 13.1. The van der Waals surface area contributed by atoms with Crippen molar-refractivity contribution >= 4 is 29.4 Å². The number of amides is 2. The minimum Gasteiger partial charge on any atom is -0.497 e. The molecule has 1 spiro atoms. The molecule has 4 heterocycles. The molecule has 3 fully saturated rings. The molecule has 3 aromatic rings. The standard InChI is InChI=1S/C41H49ClFN5O7/c1-40(39(51)55-22-25-10-11-26(52-2)18-34(25)53-3)13-6-4-8-28(40)38(50)47-17-12-27-29(42)19-30(43)37(54-23-31-32-9-5-7-16-48(32)45-44-31)36(27)33(47)21-46-24-41(14-15-41)20-35(46)49/h10-11,18-19,28,33H,4-9,12-17,20-24H2,1-3H3/t28-,33+,40-/m0/s1. The molecule has 2 amide bonds. The number of carbonyl (C=O) groups excluding carboxylic acids is 3. The number of carbonyl (C=O) groups is 3. The molecule has 1 saturated heterocycles. The molecule has 2 aliphatic carbocycles. The van der Waals surface area contributed by atoms with Gasteiger partial charge in [0.25, 0.3) is 0 Å². The van der Waals surface area contributed by atoms with Gasteiger partial charge < -0.3 is 28.7 Å². The number of methoxy groups -OCH3 is 2. The molecule has 2 aromatic carbocycles. The Morgan fingerprint density at radius 2 is 1.85 bits per heavy atom. The first-order valence-electron chi connectivity index (χ1n) is 19.6. The minimum absolute atomic E-state index is 0.00172. The Balaban J connectivity index is 1.11. The zero-order valence-corrected chi connectivity index (χ0v) is 32.6.